The van der Waals surface area contributed by atoms with Crippen LogP contribution < -0.4 is 0 Å². The van der Waals surface area contributed by atoms with E-state index in [1.807, 2.05) is 0 Å². The standard InChI is InChI=1S/C16H35OPS2/c1-13(9-15(3,4)5)11-18(17,19)20-12-14(2)10-16(6,7)8/h13-14H,9-12H2,1-8H3,(H,17,19). The minimum Gasteiger partial charge on any atom is -0.357 e. The molecule has 3 atom stereocenters. The maximum atomic E-state index is 10.5. The lowest BCUT2D eigenvalue weighted by atomic mass is 9.86. The molecule has 0 saturated heterocycles. The normalized spacial score (nSPS) is 19.4. The van der Waals surface area contributed by atoms with Crippen LogP contribution in [0.4, 0.5) is 0 Å². The third-order valence-electron chi connectivity index (χ3n) is 3.02. The SMILES string of the molecule is CC(CSP(O)(=S)CC(C)CC(C)(C)C)CC(C)(C)C. The Balaban J connectivity index is 4.23. The van der Waals surface area contributed by atoms with Crippen molar-refractivity contribution < 1.29 is 4.89 Å². The molecule has 20 heavy (non-hydrogen) atoms. The summed E-state index contributed by atoms with van der Waals surface area (Å²) in [6.07, 6.45) is 3.13. The first-order chi connectivity index (χ1) is 8.70. The van der Waals surface area contributed by atoms with Crippen molar-refractivity contribution in [3.63, 3.8) is 0 Å². The number of hydrogen-bond donors (Lipinski definition) is 1. The largest absolute Gasteiger partial charge is 0.357 e. The molecule has 0 aromatic rings. The summed E-state index contributed by atoms with van der Waals surface area (Å²) >= 11 is 7.16. The molecular weight excluding hydrogens is 303 g/mol. The molecule has 0 spiro atoms. The molecule has 1 nitrogen and oxygen atoms in total. The Morgan fingerprint density at radius 2 is 1.35 bits per heavy atom. The number of rotatable bonds is 7. The highest BCUT2D eigenvalue weighted by Gasteiger charge is 2.24. The second-order valence-electron chi connectivity index (χ2n) is 8.86. The van der Waals surface area contributed by atoms with Crippen molar-refractivity contribution in [3.8, 4) is 0 Å². The third kappa shape index (κ3) is 12.7. The minimum absolute atomic E-state index is 0.318. The van der Waals surface area contributed by atoms with Crippen LogP contribution in [0.25, 0.3) is 0 Å². The van der Waals surface area contributed by atoms with Crippen molar-refractivity contribution in [2.45, 2.75) is 68.2 Å². The van der Waals surface area contributed by atoms with Crippen LogP contribution >= 0.6 is 16.8 Å². The van der Waals surface area contributed by atoms with Crippen LogP contribution in [0.3, 0.4) is 0 Å². The molecule has 0 fully saturated rings. The number of hydrogen-bond acceptors (Lipinski definition) is 2. The molecule has 0 amide bonds. The van der Waals surface area contributed by atoms with E-state index in [2.05, 4.69) is 55.4 Å². The monoisotopic (exact) mass is 338 g/mol. The molecular formula is C16H35OPS2. The zero-order valence-corrected chi connectivity index (χ0v) is 17.2. The van der Waals surface area contributed by atoms with Gasteiger partial charge in [-0.15, -0.1) is 0 Å². The zero-order valence-electron chi connectivity index (χ0n) is 14.7. The van der Waals surface area contributed by atoms with E-state index in [9.17, 15) is 4.89 Å². The quantitative estimate of drug-likeness (QED) is 0.561. The highest BCUT2D eigenvalue weighted by molar-refractivity contribution is 8.69. The molecule has 0 radical (unpaired) electrons. The predicted molar refractivity (Wildman–Crippen MR) is 100 cm³/mol. The van der Waals surface area contributed by atoms with E-state index >= 15 is 0 Å². The van der Waals surface area contributed by atoms with Crippen LogP contribution in [0.2, 0.25) is 0 Å². The first kappa shape index (κ1) is 21.0. The Kier molecular flexibility index (Phi) is 8.38. The predicted octanol–water partition coefficient (Wildman–Crippen LogP) is 6.17. The van der Waals surface area contributed by atoms with Crippen LogP contribution in [0.1, 0.15) is 68.2 Å². The summed E-state index contributed by atoms with van der Waals surface area (Å²) in [5.74, 6) is 2.12. The van der Waals surface area contributed by atoms with Gasteiger partial charge in [-0.25, -0.2) is 0 Å². The van der Waals surface area contributed by atoms with E-state index in [0.29, 0.717) is 22.7 Å². The van der Waals surface area contributed by atoms with Crippen molar-refractivity contribution in [2.75, 3.05) is 11.9 Å². The maximum Gasteiger partial charge on any atom is 0.117 e. The Morgan fingerprint density at radius 3 is 1.75 bits per heavy atom. The van der Waals surface area contributed by atoms with Crippen molar-refractivity contribution in [1.82, 2.24) is 0 Å². The molecule has 3 unspecified atom stereocenters. The Morgan fingerprint density at radius 1 is 0.950 bits per heavy atom. The van der Waals surface area contributed by atoms with E-state index in [-0.39, 0.29) is 0 Å². The summed E-state index contributed by atoms with van der Waals surface area (Å²) in [5.41, 5.74) is -1.53. The second-order valence-corrected chi connectivity index (χ2v) is 16.2. The summed E-state index contributed by atoms with van der Waals surface area (Å²) in [6, 6.07) is 0. The van der Waals surface area contributed by atoms with Crippen molar-refractivity contribution in [1.29, 1.82) is 0 Å². The smallest absolute Gasteiger partial charge is 0.117 e. The average Bonchev–Trinajstić information content (AvgIpc) is 2.07. The first-order valence-corrected chi connectivity index (χ1v) is 12.2. The molecule has 4 heteroatoms. The average molecular weight is 339 g/mol. The molecule has 0 bridgehead atoms. The van der Waals surface area contributed by atoms with Crippen molar-refractivity contribution in [2.24, 2.45) is 22.7 Å². The van der Waals surface area contributed by atoms with E-state index in [1.165, 1.54) is 6.42 Å². The fourth-order valence-electron chi connectivity index (χ4n) is 2.90. The molecule has 0 heterocycles. The molecule has 0 aliphatic rings. The maximum absolute atomic E-state index is 10.5. The van der Waals surface area contributed by atoms with Crippen LogP contribution in [-0.2, 0) is 11.8 Å². The lowest BCUT2D eigenvalue weighted by molar-refractivity contribution is 0.320. The minimum atomic E-state index is -2.20. The Labute approximate surface area is 136 Å². The highest BCUT2D eigenvalue weighted by atomic mass is 32.9. The van der Waals surface area contributed by atoms with Gasteiger partial charge in [-0.2, -0.15) is 0 Å². The van der Waals surface area contributed by atoms with Crippen LogP contribution in [0.15, 0.2) is 0 Å². The van der Waals surface area contributed by atoms with Crippen LogP contribution in [0, 0.1) is 22.7 Å². The van der Waals surface area contributed by atoms with Gasteiger partial charge in [0.05, 0.1) is 0 Å². The van der Waals surface area contributed by atoms with Gasteiger partial charge in [0, 0.05) is 11.9 Å². The molecule has 122 valence electrons. The van der Waals surface area contributed by atoms with Gasteiger partial charge >= 0.3 is 0 Å². The fourth-order valence-corrected chi connectivity index (χ4v) is 8.39. The summed E-state index contributed by atoms with van der Waals surface area (Å²) < 4.78 is 0. The lowest BCUT2D eigenvalue weighted by Crippen LogP contribution is -2.14. The van der Waals surface area contributed by atoms with Gasteiger partial charge in [0.2, 0.25) is 0 Å². The zero-order chi connectivity index (χ0) is 16.2. The summed E-state index contributed by atoms with van der Waals surface area (Å²) in [4.78, 5) is 10.5. The van der Waals surface area contributed by atoms with Crippen LogP contribution in [0.5, 0.6) is 0 Å². The second kappa shape index (κ2) is 7.99. The van der Waals surface area contributed by atoms with Gasteiger partial charge < -0.3 is 4.89 Å². The lowest BCUT2D eigenvalue weighted by Gasteiger charge is -2.27. The van der Waals surface area contributed by atoms with Gasteiger partial charge in [0.25, 0.3) is 0 Å². The molecule has 0 aromatic heterocycles. The molecule has 0 aliphatic carbocycles. The Hall–Kier alpha value is 0.960. The van der Waals surface area contributed by atoms with Crippen LogP contribution in [-0.4, -0.2) is 16.8 Å². The third-order valence-corrected chi connectivity index (χ3v) is 8.73. The summed E-state index contributed by atoms with van der Waals surface area (Å²) in [5, 5.41) is 0. The first-order valence-electron chi connectivity index (χ1n) is 7.66. The van der Waals surface area contributed by atoms with Gasteiger partial charge in [-0.3, -0.25) is 0 Å². The van der Waals surface area contributed by atoms with E-state index in [0.717, 1.165) is 18.3 Å². The molecule has 0 aromatic carbocycles. The van der Waals surface area contributed by atoms with E-state index in [1.54, 1.807) is 11.4 Å². The molecule has 0 saturated carbocycles. The van der Waals surface area contributed by atoms with Gasteiger partial charge in [-0.05, 0) is 35.5 Å². The fraction of sp³-hybridized carbons (Fsp3) is 1.00. The summed E-state index contributed by atoms with van der Waals surface area (Å²) in [7, 11) is 0. The molecule has 0 rings (SSSR count). The molecule has 0 aliphatic heterocycles. The summed E-state index contributed by atoms with van der Waals surface area (Å²) in [6.45, 7) is 18.1. The van der Waals surface area contributed by atoms with Gasteiger partial charge in [0.1, 0.15) is 5.47 Å². The highest BCUT2D eigenvalue weighted by Crippen LogP contribution is 2.57. The Bertz CT molecular complexity index is 328. The van der Waals surface area contributed by atoms with Crippen molar-refractivity contribution >= 4 is 28.7 Å². The van der Waals surface area contributed by atoms with Crippen molar-refractivity contribution in [3.05, 3.63) is 0 Å². The molecule has 1 N–H and O–H groups in total. The topological polar surface area (TPSA) is 20.2 Å². The van der Waals surface area contributed by atoms with E-state index in [4.69, 9.17) is 11.8 Å². The van der Waals surface area contributed by atoms with E-state index < -0.39 is 5.47 Å². The van der Waals surface area contributed by atoms with Gasteiger partial charge in [0.15, 0.2) is 0 Å². The van der Waals surface area contributed by atoms with Gasteiger partial charge in [-0.1, -0.05) is 78.6 Å².